The van der Waals surface area contributed by atoms with Crippen molar-refractivity contribution in [1.29, 1.82) is 0 Å². The van der Waals surface area contributed by atoms with Crippen molar-refractivity contribution in [3.8, 4) is 0 Å². The van der Waals surface area contributed by atoms with Gasteiger partial charge in [0.1, 0.15) is 18.0 Å². The number of carbonyl (C=O) groups is 2. The number of aromatic nitrogens is 2. The summed E-state index contributed by atoms with van der Waals surface area (Å²) < 4.78 is 27.7. The van der Waals surface area contributed by atoms with Crippen molar-refractivity contribution >= 4 is 44.7 Å². The van der Waals surface area contributed by atoms with Gasteiger partial charge < -0.3 is 20.4 Å². The summed E-state index contributed by atoms with van der Waals surface area (Å²) in [6, 6.07) is 6.27. The summed E-state index contributed by atoms with van der Waals surface area (Å²) in [7, 11) is -3.65. The van der Waals surface area contributed by atoms with E-state index in [4.69, 9.17) is 0 Å². The lowest BCUT2D eigenvalue weighted by molar-refractivity contribution is -0.131. The molecule has 2 amide bonds. The van der Waals surface area contributed by atoms with Crippen LogP contribution < -0.4 is 20.3 Å². The number of anilines is 3. The summed E-state index contributed by atoms with van der Waals surface area (Å²) in [6.07, 6.45) is 4.55. The van der Waals surface area contributed by atoms with Crippen LogP contribution in [-0.2, 0) is 19.6 Å². The van der Waals surface area contributed by atoms with Crippen molar-refractivity contribution in [3.63, 3.8) is 0 Å². The molecular weight excluding hydrogens is 458 g/mol. The molecule has 2 aromatic rings. The Labute approximate surface area is 197 Å². The molecule has 3 N–H and O–H groups in total. The van der Waals surface area contributed by atoms with Crippen molar-refractivity contribution in [2.75, 3.05) is 48.3 Å². The molecule has 0 aliphatic carbocycles. The quantitative estimate of drug-likeness (QED) is 0.505. The van der Waals surface area contributed by atoms with E-state index < -0.39 is 10.0 Å². The predicted molar refractivity (Wildman–Crippen MR) is 127 cm³/mol. The average Bonchev–Trinajstić information content (AvgIpc) is 3.17. The number of benzene rings is 1. The van der Waals surface area contributed by atoms with Gasteiger partial charge in [0, 0.05) is 51.0 Å². The molecule has 0 saturated carbocycles. The van der Waals surface area contributed by atoms with Gasteiger partial charge in [0.15, 0.2) is 0 Å². The third-order valence-corrected chi connectivity index (χ3v) is 7.64. The monoisotopic (exact) mass is 483 g/mol. The van der Waals surface area contributed by atoms with Gasteiger partial charge in [-0.25, -0.2) is 23.1 Å². The zero-order chi connectivity index (χ0) is 23.7. The van der Waals surface area contributed by atoms with Crippen molar-refractivity contribution in [2.45, 2.75) is 24.2 Å². The minimum Gasteiger partial charge on any atom is -0.361 e. The molecule has 4 bridgehead atoms. The molecule has 178 valence electrons. The van der Waals surface area contributed by atoms with Crippen LogP contribution in [0.1, 0.15) is 24.8 Å². The molecule has 12 heteroatoms. The molecular formula is C22H25N7O4S. The average molecular weight is 484 g/mol. The van der Waals surface area contributed by atoms with Crippen LogP contribution in [-0.4, -0.2) is 67.8 Å². The lowest BCUT2D eigenvalue weighted by atomic mass is 10.1. The van der Waals surface area contributed by atoms with Crippen LogP contribution in [0.25, 0.3) is 5.57 Å². The van der Waals surface area contributed by atoms with E-state index in [1.165, 1.54) is 18.5 Å². The number of nitrogens with zero attached hydrogens (tertiary/aromatic N) is 4. The van der Waals surface area contributed by atoms with Gasteiger partial charge in [-0.1, -0.05) is 0 Å². The SMILES string of the molecule is O=C1Nc2ncnc3c2/C1=C/Nc1ccc(cc1)S(=O)(=O)NCCCCC(=O)N1CCN3CC1. The minimum absolute atomic E-state index is 0.0574. The highest BCUT2D eigenvalue weighted by Gasteiger charge is 2.32. The van der Waals surface area contributed by atoms with Gasteiger partial charge in [0.05, 0.1) is 16.0 Å². The van der Waals surface area contributed by atoms with Crippen LogP contribution in [0.2, 0.25) is 0 Å². The highest BCUT2D eigenvalue weighted by Crippen LogP contribution is 2.36. The summed E-state index contributed by atoms with van der Waals surface area (Å²) in [4.78, 5) is 38.0. The zero-order valence-corrected chi connectivity index (χ0v) is 19.3. The van der Waals surface area contributed by atoms with Crippen molar-refractivity contribution in [1.82, 2.24) is 19.6 Å². The standard InChI is InChI=1S/C22H25N7O4S/c30-18-3-1-2-8-26-34(32,33)16-6-4-15(5-7-16)23-13-17-19-20(27-22(17)31)24-14-25-21(19)29-11-9-28(18)10-12-29/h4-7,13-14,23,26H,1-3,8-12H2,(H,24,25,27,31)/b17-13-. The molecule has 6 aliphatic heterocycles. The van der Waals surface area contributed by atoms with Gasteiger partial charge in [-0.05, 0) is 37.1 Å². The number of hydrogen-bond acceptors (Lipinski definition) is 8. The molecule has 34 heavy (non-hydrogen) atoms. The van der Waals surface area contributed by atoms with E-state index in [2.05, 4.69) is 30.2 Å². The Morgan fingerprint density at radius 3 is 2.41 bits per heavy atom. The van der Waals surface area contributed by atoms with Crippen LogP contribution >= 0.6 is 0 Å². The normalized spacial score (nSPS) is 21.9. The van der Waals surface area contributed by atoms with Crippen LogP contribution in [0.4, 0.5) is 17.3 Å². The molecule has 1 aromatic heterocycles. The van der Waals surface area contributed by atoms with E-state index in [1.807, 2.05) is 4.90 Å². The number of piperazine rings is 1. The van der Waals surface area contributed by atoms with Crippen LogP contribution in [0, 0.1) is 0 Å². The summed E-state index contributed by atoms with van der Waals surface area (Å²) in [5.41, 5.74) is 1.63. The van der Waals surface area contributed by atoms with E-state index in [1.54, 1.807) is 18.3 Å². The van der Waals surface area contributed by atoms with Crippen molar-refractivity contribution in [3.05, 3.63) is 42.4 Å². The van der Waals surface area contributed by atoms with Gasteiger partial charge in [0.2, 0.25) is 15.9 Å². The molecule has 0 spiro atoms. The zero-order valence-electron chi connectivity index (χ0n) is 18.5. The summed E-state index contributed by atoms with van der Waals surface area (Å²) >= 11 is 0. The third-order valence-electron chi connectivity index (χ3n) is 6.16. The molecule has 11 nitrogen and oxygen atoms in total. The summed E-state index contributed by atoms with van der Waals surface area (Å²) in [6.45, 7) is 2.55. The highest BCUT2D eigenvalue weighted by atomic mass is 32.2. The summed E-state index contributed by atoms with van der Waals surface area (Å²) in [5.74, 6) is 0.840. The van der Waals surface area contributed by atoms with Crippen LogP contribution in [0.3, 0.4) is 0 Å². The van der Waals surface area contributed by atoms with Crippen LogP contribution in [0.15, 0.2) is 41.7 Å². The fourth-order valence-electron chi connectivity index (χ4n) is 4.29. The van der Waals surface area contributed by atoms with E-state index in [9.17, 15) is 18.0 Å². The molecule has 7 heterocycles. The Kier molecular flexibility index (Phi) is 5.92. The molecule has 1 saturated heterocycles. The molecule has 8 rings (SSSR count). The Morgan fingerprint density at radius 2 is 1.65 bits per heavy atom. The van der Waals surface area contributed by atoms with Crippen LogP contribution in [0.5, 0.6) is 0 Å². The third kappa shape index (κ3) is 4.33. The Morgan fingerprint density at radius 1 is 0.912 bits per heavy atom. The minimum atomic E-state index is -3.65. The van der Waals surface area contributed by atoms with E-state index >= 15 is 0 Å². The summed E-state index contributed by atoms with van der Waals surface area (Å²) in [5, 5.41) is 5.85. The first kappa shape index (κ1) is 22.3. The Hall–Kier alpha value is -3.51. The number of rotatable bonds is 0. The number of carbonyl (C=O) groups excluding carboxylic acids is 2. The maximum Gasteiger partial charge on any atom is 0.259 e. The highest BCUT2D eigenvalue weighted by molar-refractivity contribution is 7.89. The number of sulfonamides is 1. The van der Waals surface area contributed by atoms with Gasteiger partial charge in [0.25, 0.3) is 5.91 Å². The second-order valence-corrected chi connectivity index (χ2v) is 10.1. The molecule has 0 unspecified atom stereocenters. The number of hydrogen-bond donors (Lipinski definition) is 3. The maximum atomic E-state index is 12.7. The van der Waals surface area contributed by atoms with Crippen molar-refractivity contribution < 1.29 is 18.0 Å². The van der Waals surface area contributed by atoms with Crippen molar-refractivity contribution in [2.24, 2.45) is 0 Å². The first-order chi connectivity index (χ1) is 16.4. The topological polar surface area (TPSA) is 137 Å². The molecule has 0 radical (unpaired) electrons. The van der Waals surface area contributed by atoms with E-state index in [0.29, 0.717) is 73.9 Å². The van der Waals surface area contributed by atoms with E-state index in [-0.39, 0.29) is 23.3 Å². The van der Waals surface area contributed by atoms with Gasteiger partial charge >= 0.3 is 0 Å². The Bertz CT molecular complexity index is 1250. The lowest BCUT2D eigenvalue weighted by Crippen LogP contribution is -2.49. The van der Waals surface area contributed by atoms with Gasteiger partial charge in [-0.3, -0.25) is 9.59 Å². The molecule has 1 fully saturated rings. The first-order valence-electron chi connectivity index (χ1n) is 11.2. The molecule has 1 aromatic carbocycles. The smallest absolute Gasteiger partial charge is 0.259 e. The largest absolute Gasteiger partial charge is 0.361 e. The van der Waals surface area contributed by atoms with Gasteiger partial charge in [-0.2, -0.15) is 0 Å². The maximum absolute atomic E-state index is 12.7. The number of amides is 2. The fourth-order valence-corrected chi connectivity index (χ4v) is 5.36. The second-order valence-electron chi connectivity index (χ2n) is 8.32. The fraction of sp³-hybridized carbons (Fsp3) is 0.364. The molecule has 0 atom stereocenters. The lowest BCUT2D eigenvalue weighted by Gasteiger charge is -2.36. The van der Waals surface area contributed by atoms with Gasteiger partial charge in [-0.15, -0.1) is 0 Å². The van der Waals surface area contributed by atoms with E-state index in [0.717, 1.165) is 0 Å². The molecule has 6 aliphatic rings. The first-order valence-corrected chi connectivity index (χ1v) is 12.7. The predicted octanol–water partition coefficient (Wildman–Crippen LogP) is 0.992. The number of nitrogens with one attached hydrogen (secondary N) is 3. The Balaban J connectivity index is 1.49. The second kappa shape index (κ2) is 9.03.